The first-order chi connectivity index (χ1) is 8.97. The zero-order valence-electron chi connectivity index (χ0n) is 10.1. The smallest absolute Gasteiger partial charge is 0.258 e. The second-order valence-electron chi connectivity index (χ2n) is 4.06. The van der Waals surface area contributed by atoms with Crippen LogP contribution in [0.1, 0.15) is 15.9 Å². The number of nitrogens with zero attached hydrogens (tertiary/aromatic N) is 1. The maximum absolute atomic E-state index is 13.5. The van der Waals surface area contributed by atoms with Gasteiger partial charge in [0, 0.05) is 12.3 Å². The number of nitrogens with two attached hydrogens (primary N) is 1. The average molecular weight is 263 g/mol. The fraction of sp³-hybridized carbons (Fsp3) is 0.0769. The summed E-state index contributed by atoms with van der Waals surface area (Å²) in [6.07, 6.45) is 3.04. The first kappa shape index (κ1) is 12.9. The van der Waals surface area contributed by atoms with E-state index >= 15 is 0 Å². The maximum atomic E-state index is 13.5. The molecule has 0 radical (unpaired) electrons. The second-order valence-corrected chi connectivity index (χ2v) is 4.06. The number of nitrogens with one attached hydrogen (secondary N) is 1. The van der Waals surface area contributed by atoms with E-state index in [0.29, 0.717) is 11.8 Å². The summed E-state index contributed by atoms with van der Waals surface area (Å²) in [4.78, 5) is 15.7. The summed E-state index contributed by atoms with van der Waals surface area (Å²) < 4.78 is 26.5. The topological polar surface area (TPSA) is 68.0 Å². The molecule has 0 atom stereocenters. The van der Waals surface area contributed by atoms with Crippen molar-refractivity contribution in [2.75, 3.05) is 11.1 Å². The summed E-state index contributed by atoms with van der Waals surface area (Å²) >= 11 is 0. The highest BCUT2D eigenvalue weighted by Crippen LogP contribution is 2.18. The molecule has 0 bridgehead atoms. The number of amides is 1. The van der Waals surface area contributed by atoms with E-state index in [1.54, 1.807) is 19.2 Å². The van der Waals surface area contributed by atoms with Crippen LogP contribution in [0.15, 0.2) is 30.6 Å². The Morgan fingerprint density at radius 1 is 1.21 bits per heavy atom. The summed E-state index contributed by atoms with van der Waals surface area (Å²) in [5.74, 6) is -2.58. The minimum absolute atomic E-state index is 0.283. The van der Waals surface area contributed by atoms with Gasteiger partial charge in [0.1, 0.15) is 11.6 Å². The van der Waals surface area contributed by atoms with Crippen LogP contribution in [0.2, 0.25) is 0 Å². The van der Waals surface area contributed by atoms with Crippen LogP contribution in [0.3, 0.4) is 0 Å². The number of hydrogen-bond acceptors (Lipinski definition) is 3. The predicted molar refractivity (Wildman–Crippen MR) is 67.7 cm³/mol. The van der Waals surface area contributed by atoms with Gasteiger partial charge >= 0.3 is 0 Å². The van der Waals surface area contributed by atoms with Gasteiger partial charge in [-0.2, -0.15) is 0 Å². The molecule has 1 heterocycles. The number of pyridine rings is 1. The predicted octanol–water partition coefficient (Wildman–Crippen LogP) is 2.50. The van der Waals surface area contributed by atoms with E-state index in [4.69, 9.17) is 5.73 Å². The maximum Gasteiger partial charge on any atom is 0.258 e. The number of aromatic nitrogens is 1. The highest BCUT2D eigenvalue weighted by molar-refractivity contribution is 6.04. The van der Waals surface area contributed by atoms with Gasteiger partial charge in [-0.05, 0) is 24.6 Å². The van der Waals surface area contributed by atoms with E-state index < -0.39 is 17.5 Å². The number of carbonyl (C=O) groups is 1. The van der Waals surface area contributed by atoms with Crippen molar-refractivity contribution in [3.63, 3.8) is 0 Å². The van der Waals surface area contributed by atoms with Gasteiger partial charge in [0.2, 0.25) is 0 Å². The van der Waals surface area contributed by atoms with Crippen LogP contribution >= 0.6 is 0 Å². The van der Waals surface area contributed by atoms with Crippen molar-refractivity contribution in [1.82, 2.24) is 4.98 Å². The molecule has 0 fully saturated rings. The number of hydrogen-bond donors (Lipinski definition) is 2. The van der Waals surface area contributed by atoms with Crippen LogP contribution in [-0.2, 0) is 0 Å². The summed E-state index contributed by atoms with van der Waals surface area (Å²) in [6, 6.07) is 3.22. The average Bonchev–Trinajstić information content (AvgIpc) is 2.33. The van der Waals surface area contributed by atoms with Crippen LogP contribution in [-0.4, -0.2) is 10.9 Å². The minimum atomic E-state index is -0.968. The van der Waals surface area contributed by atoms with E-state index in [1.165, 1.54) is 6.20 Å². The quantitative estimate of drug-likeness (QED) is 0.818. The molecule has 0 aliphatic carbocycles. The van der Waals surface area contributed by atoms with Crippen LogP contribution in [0.25, 0.3) is 0 Å². The molecule has 2 rings (SSSR count). The molecule has 98 valence electrons. The number of rotatable bonds is 2. The Morgan fingerprint density at radius 3 is 2.63 bits per heavy atom. The van der Waals surface area contributed by atoms with E-state index in [0.717, 1.165) is 11.6 Å². The fourth-order valence-electron chi connectivity index (χ4n) is 1.56. The SMILES string of the molecule is Cc1cncc(NC(=O)c2cc(N)c(F)cc2F)c1. The molecule has 19 heavy (non-hydrogen) atoms. The monoisotopic (exact) mass is 263 g/mol. The van der Waals surface area contributed by atoms with Gasteiger partial charge in [-0.1, -0.05) is 0 Å². The third-order valence-corrected chi connectivity index (χ3v) is 2.46. The van der Waals surface area contributed by atoms with Gasteiger partial charge in [0.05, 0.1) is 23.1 Å². The van der Waals surface area contributed by atoms with E-state index in [9.17, 15) is 13.6 Å². The molecule has 1 aromatic heterocycles. The van der Waals surface area contributed by atoms with Gasteiger partial charge in [-0.15, -0.1) is 0 Å². The first-order valence-corrected chi connectivity index (χ1v) is 5.45. The zero-order chi connectivity index (χ0) is 14.0. The number of anilines is 2. The van der Waals surface area contributed by atoms with Gasteiger partial charge < -0.3 is 11.1 Å². The van der Waals surface area contributed by atoms with Gasteiger partial charge in [0.25, 0.3) is 5.91 Å². The Labute approximate surface area is 108 Å². The molecule has 0 saturated heterocycles. The van der Waals surface area contributed by atoms with Gasteiger partial charge in [0.15, 0.2) is 0 Å². The summed E-state index contributed by atoms with van der Waals surface area (Å²) in [5.41, 5.74) is 5.98. The van der Waals surface area contributed by atoms with Crippen molar-refractivity contribution in [2.24, 2.45) is 0 Å². The van der Waals surface area contributed by atoms with Gasteiger partial charge in [-0.25, -0.2) is 8.78 Å². The molecule has 0 aliphatic heterocycles. The molecule has 0 unspecified atom stereocenters. The molecule has 1 aromatic carbocycles. The lowest BCUT2D eigenvalue weighted by molar-refractivity contribution is 0.102. The molecule has 4 nitrogen and oxygen atoms in total. The lowest BCUT2D eigenvalue weighted by Gasteiger charge is -2.07. The molecule has 3 N–H and O–H groups in total. The molecule has 6 heteroatoms. The highest BCUT2D eigenvalue weighted by atomic mass is 19.1. The zero-order valence-corrected chi connectivity index (χ0v) is 10.1. The molecule has 0 spiro atoms. The Hall–Kier alpha value is -2.50. The van der Waals surface area contributed by atoms with Crippen molar-refractivity contribution in [3.8, 4) is 0 Å². The van der Waals surface area contributed by atoms with E-state index in [1.807, 2.05) is 0 Å². The Bertz CT molecular complexity index is 644. The summed E-state index contributed by atoms with van der Waals surface area (Å²) in [7, 11) is 0. The van der Waals surface area contributed by atoms with Crippen LogP contribution < -0.4 is 11.1 Å². The number of carbonyl (C=O) groups excluding carboxylic acids is 1. The third-order valence-electron chi connectivity index (χ3n) is 2.46. The number of nitrogen functional groups attached to an aromatic ring is 1. The van der Waals surface area contributed by atoms with Crippen molar-refractivity contribution in [1.29, 1.82) is 0 Å². The van der Waals surface area contributed by atoms with Crippen molar-refractivity contribution >= 4 is 17.3 Å². The van der Waals surface area contributed by atoms with Crippen LogP contribution in [0.5, 0.6) is 0 Å². The van der Waals surface area contributed by atoms with Crippen molar-refractivity contribution in [2.45, 2.75) is 6.92 Å². The first-order valence-electron chi connectivity index (χ1n) is 5.45. The van der Waals surface area contributed by atoms with E-state index in [-0.39, 0.29) is 11.3 Å². The lowest BCUT2D eigenvalue weighted by atomic mass is 10.1. The van der Waals surface area contributed by atoms with Crippen LogP contribution in [0, 0.1) is 18.6 Å². The number of halogens is 2. The van der Waals surface area contributed by atoms with E-state index in [2.05, 4.69) is 10.3 Å². The normalized spacial score (nSPS) is 10.3. The second kappa shape index (κ2) is 5.01. The van der Waals surface area contributed by atoms with Crippen molar-refractivity contribution < 1.29 is 13.6 Å². The third kappa shape index (κ3) is 2.85. The minimum Gasteiger partial charge on any atom is -0.396 e. The standard InChI is InChI=1S/C13H11F2N3O/c1-7-2-8(6-17-5-7)18-13(19)9-3-12(16)11(15)4-10(9)14/h2-6H,16H2,1H3,(H,18,19). The highest BCUT2D eigenvalue weighted by Gasteiger charge is 2.15. The lowest BCUT2D eigenvalue weighted by Crippen LogP contribution is -2.15. The van der Waals surface area contributed by atoms with Crippen LogP contribution in [0.4, 0.5) is 20.2 Å². The molecule has 2 aromatic rings. The summed E-state index contributed by atoms with van der Waals surface area (Å²) in [6.45, 7) is 1.80. The van der Waals surface area contributed by atoms with Crippen molar-refractivity contribution in [3.05, 3.63) is 53.4 Å². The fourth-order valence-corrected chi connectivity index (χ4v) is 1.56. The largest absolute Gasteiger partial charge is 0.396 e. The molecule has 0 aliphatic rings. The number of aryl methyl sites for hydroxylation is 1. The Morgan fingerprint density at radius 2 is 1.95 bits per heavy atom. The Balaban J connectivity index is 2.28. The molecule has 0 saturated carbocycles. The van der Waals surface area contributed by atoms with Gasteiger partial charge in [-0.3, -0.25) is 9.78 Å². The molecular formula is C13H11F2N3O. The summed E-state index contributed by atoms with van der Waals surface area (Å²) in [5, 5.41) is 2.47. The number of benzene rings is 1. The molecule has 1 amide bonds. The molecular weight excluding hydrogens is 252 g/mol. The Kier molecular flexibility index (Phi) is 3.41.